The number of hydrogen-bond acceptors (Lipinski definition) is 3. The number of nitrogens with one attached hydrogen (secondary N) is 2. The Morgan fingerprint density at radius 2 is 2.20 bits per heavy atom. The molecule has 0 amide bonds. The predicted molar refractivity (Wildman–Crippen MR) is 33.5 cm³/mol. The molecule has 0 spiro atoms. The molecule has 0 aromatic carbocycles. The third-order valence-electron chi connectivity index (χ3n) is 1.46. The zero-order valence-electron chi connectivity index (χ0n) is 5.13. The summed E-state index contributed by atoms with van der Waals surface area (Å²) < 4.78 is 1.32. The number of nitrogens with zero attached hydrogens (tertiary/aromatic N) is 2. The Kier molecular flexibility index (Phi) is 0.814. The average Bonchev–Trinajstić information content (AvgIpc) is 2.41. The van der Waals surface area contributed by atoms with Crippen LogP contribution < -0.4 is 16.5 Å². The molecule has 2 N–H and O–H groups in total. The fourth-order valence-corrected chi connectivity index (χ4v) is 1.00. The zero-order chi connectivity index (χ0) is 7.14. The topological polar surface area (TPSA) is 71.8 Å². The lowest BCUT2D eigenvalue weighted by Gasteiger charge is -1.93. The van der Waals surface area contributed by atoms with E-state index in [0.717, 1.165) is 0 Å². The Balaban J connectivity index is 2.83. The molecule has 0 saturated carbocycles. The van der Waals surface area contributed by atoms with Crippen LogP contribution in [0.3, 0.4) is 0 Å². The second-order valence-electron chi connectivity index (χ2n) is 2.09. The van der Waals surface area contributed by atoms with E-state index in [0.29, 0.717) is 13.1 Å². The molecule has 6 nitrogen and oxygen atoms in total. The minimum absolute atomic E-state index is 0.495. The Morgan fingerprint density at radius 1 is 1.40 bits per heavy atom. The fourth-order valence-electron chi connectivity index (χ4n) is 1.00. The zero-order valence-corrected chi connectivity index (χ0v) is 5.13. The van der Waals surface area contributed by atoms with Gasteiger partial charge in [-0.2, -0.15) is 0 Å². The van der Waals surface area contributed by atoms with Crippen LogP contribution in [0.2, 0.25) is 0 Å². The third-order valence-corrected chi connectivity index (χ3v) is 1.46. The molecule has 0 aliphatic carbocycles. The summed E-state index contributed by atoms with van der Waals surface area (Å²) in [4.78, 5) is 22.7. The van der Waals surface area contributed by atoms with Gasteiger partial charge in [0.15, 0.2) is 0 Å². The normalized spacial score (nSPS) is 14.8. The first-order chi connectivity index (χ1) is 4.79. The van der Waals surface area contributed by atoms with Crippen LogP contribution in [0.15, 0.2) is 9.59 Å². The van der Waals surface area contributed by atoms with E-state index in [-0.39, 0.29) is 0 Å². The van der Waals surface area contributed by atoms with Crippen LogP contribution in [-0.2, 0) is 6.54 Å². The van der Waals surface area contributed by atoms with E-state index in [2.05, 4.69) is 10.5 Å². The van der Waals surface area contributed by atoms with E-state index in [4.69, 9.17) is 0 Å². The van der Waals surface area contributed by atoms with Crippen molar-refractivity contribution in [3.63, 3.8) is 0 Å². The molecular formula is C4H6N4O2. The first-order valence-corrected chi connectivity index (χ1v) is 2.95. The standard InChI is InChI=1S/C4H6N4O2/c9-3-4(10)7-2-1-5-8(7)6-3/h5H,1-2H2,(H,6,9). The van der Waals surface area contributed by atoms with Crippen molar-refractivity contribution >= 4 is 0 Å². The van der Waals surface area contributed by atoms with Gasteiger partial charge in [-0.15, -0.1) is 4.91 Å². The van der Waals surface area contributed by atoms with Gasteiger partial charge in [0.1, 0.15) is 0 Å². The first-order valence-electron chi connectivity index (χ1n) is 2.95. The molecule has 1 aliphatic rings. The summed E-state index contributed by atoms with van der Waals surface area (Å²) in [5.41, 5.74) is 1.71. The molecule has 0 unspecified atom stereocenters. The van der Waals surface area contributed by atoms with E-state index in [1.807, 2.05) is 0 Å². The summed E-state index contributed by atoms with van der Waals surface area (Å²) in [5, 5.41) is 2.33. The number of rotatable bonds is 0. The van der Waals surface area contributed by atoms with Crippen molar-refractivity contribution in [3.05, 3.63) is 20.7 Å². The summed E-state index contributed by atoms with van der Waals surface area (Å²) in [7, 11) is 0. The second-order valence-corrected chi connectivity index (χ2v) is 2.09. The highest BCUT2D eigenvalue weighted by Crippen LogP contribution is 1.82. The SMILES string of the molecule is O=c1[nH]n2n(c1=O)CCN2. The summed E-state index contributed by atoms with van der Waals surface area (Å²) in [6.07, 6.45) is 0. The van der Waals surface area contributed by atoms with Crippen molar-refractivity contribution in [2.24, 2.45) is 0 Å². The van der Waals surface area contributed by atoms with Gasteiger partial charge in [-0.05, 0) is 0 Å². The van der Waals surface area contributed by atoms with Gasteiger partial charge < -0.3 is 0 Å². The highest BCUT2D eigenvalue weighted by atomic mass is 16.2. The number of aromatic amines is 1. The lowest BCUT2D eigenvalue weighted by atomic mass is 10.6. The van der Waals surface area contributed by atoms with Crippen LogP contribution in [0.25, 0.3) is 0 Å². The van der Waals surface area contributed by atoms with Crippen LogP contribution >= 0.6 is 0 Å². The molecule has 0 saturated heterocycles. The molecule has 10 heavy (non-hydrogen) atoms. The van der Waals surface area contributed by atoms with Gasteiger partial charge in [0, 0.05) is 0 Å². The highest BCUT2D eigenvalue weighted by molar-refractivity contribution is 4.81. The van der Waals surface area contributed by atoms with Crippen LogP contribution in [0.5, 0.6) is 0 Å². The van der Waals surface area contributed by atoms with Crippen LogP contribution in [0.1, 0.15) is 0 Å². The average molecular weight is 142 g/mol. The summed E-state index contributed by atoms with van der Waals surface area (Å²) >= 11 is 0. The number of H-pyrrole nitrogens is 1. The number of hydrogen-bond donors (Lipinski definition) is 2. The Labute approximate surface area is 55.0 Å². The largest absolute Gasteiger partial charge is 0.335 e. The molecule has 0 bridgehead atoms. The second kappa shape index (κ2) is 1.53. The molecule has 2 heterocycles. The molecule has 1 aromatic heterocycles. The predicted octanol–water partition coefficient (Wildman–Crippen LogP) is -2.10. The van der Waals surface area contributed by atoms with Gasteiger partial charge in [-0.3, -0.25) is 15.0 Å². The lowest BCUT2D eigenvalue weighted by molar-refractivity contribution is 0.567. The highest BCUT2D eigenvalue weighted by Gasteiger charge is 2.12. The molecule has 0 atom stereocenters. The van der Waals surface area contributed by atoms with Gasteiger partial charge in [-0.25, -0.2) is 9.78 Å². The van der Waals surface area contributed by atoms with E-state index >= 15 is 0 Å². The van der Waals surface area contributed by atoms with Crippen molar-refractivity contribution in [3.8, 4) is 0 Å². The Bertz CT molecular complexity index is 356. The van der Waals surface area contributed by atoms with Crippen LogP contribution in [0.4, 0.5) is 0 Å². The van der Waals surface area contributed by atoms with Gasteiger partial charge in [0.25, 0.3) is 0 Å². The minimum atomic E-state index is -0.577. The maximum absolute atomic E-state index is 10.8. The molecule has 54 valence electrons. The van der Waals surface area contributed by atoms with Gasteiger partial charge in [0.05, 0.1) is 13.1 Å². The van der Waals surface area contributed by atoms with Gasteiger partial charge >= 0.3 is 11.1 Å². The third kappa shape index (κ3) is 0.476. The molecule has 6 heteroatoms. The molecule has 0 radical (unpaired) electrons. The van der Waals surface area contributed by atoms with Crippen LogP contribution in [0, 0.1) is 0 Å². The maximum Gasteiger partial charge on any atom is 0.335 e. The quantitative estimate of drug-likeness (QED) is 0.407. The maximum atomic E-state index is 10.8. The summed E-state index contributed by atoms with van der Waals surface area (Å²) in [6.45, 7) is 1.24. The van der Waals surface area contributed by atoms with Crippen LogP contribution in [-0.4, -0.2) is 21.2 Å². The molecule has 1 aromatic rings. The molecule has 1 aliphatic heterocycles. The lowest BCUT2D eigenvalue weighted by Crippen LogP contribution is -2.27. The summed E-state index contributed by atoms with van der Waals surface area (Å²) in [6, 6.07) is 0. The minimum Gasteiger partial charge on any atom is -0.294 e. The van der Waals surface area contributed by atoms with E-state index in [1.165, 1.54) is 9.59 Å². The smallest absolute Gasteiger partial charge is 0.294 e. The fraction of sp³-hybridized carbons (Fsp3) is 0.500. The molecule has 0 fully saturated rings. The van der Waals surface area contributed by atoms with Crippen molar-refractivity contribution in [1.29, 1.82) is 0 Å². The molecular weight excluding hydrogens is 136 g/mol. The van der Waals surface area contributed by atoms with Gasteiger partial charge in [0.2, 0.25) is 0 Å². The van der Waals surface area contributed by atoms with Crippen molar-refractivity contribution < 1.29 is 0 Å². The van der Waals surface area contributed by atoms with Crippen molar-refractivity contribution in [1.82, 2.24) is 14.7 Å². The Morgan fingerprint density at radius 3 is 2.90 bits per heavy atom. The molecule has 2 rings (SSSR count). The first kappa shape index (κ1) is 5.33. The summed E-state index contributed by atoms with van der Waals surface area (Å²) in [5.74, 6) is 0. The van der Waals surface area contributed by atoms with Gasteiger partial charge in [-0.1, -0.05) is 0 Å². The number of fused-ring (bicyclic) bond motifs is 1. The van der Waals surface area contributed by atoms with Crippen molar-refractivity contribution in [2.75, 3.05) is 12.0 Å². The van der Waals surface area contributed by atoms with E-state index in [9.17, 15) is 9.59 Å². The Hall–Kier alpha value is -1.46. The van der Waals surface area contributed by atoms with Crippen molar-refractivity contribution in [2.45, 2.75) is 6.54 Å². The van der Waals surface area contributed by atoms with E-state index < -0.39 is 11.1 Å². The number of aromatic nitrogens is 3. The monoisotopic (exact) mass is 142 g/mol. The van der Waals surface area contributed by atoms with E-state index in [1.54, 1.807) is 0 Å².